The van der Waals surface area contributed by atoms with Crippen molar-refractivity contribution < 1.29 is 0 Å². The van der Waals surface area contributed by atoms with E-state index in [-0.39, 0.29) is 18.9 Å². The van der Waals surface area contributed by atoms with Crippen LogP contribution in [0, 0.1) is 0 Å². The second-order valence-electron chi connectivity index (χ2n) is 0.794. The Morgan fingerprint density at radius 2 is 1.00 bits per heavy atom. The third-order valence-electron chi connectivity index (χ3n) is 0.400. The Balaban J connectivity index is 0.000000360. The van der Waals surface area contributed by atoms with Gasteiger partial charge in [-0.3, -0.25) is 0 Å². The standard InChI is InChI=1S/C3H3N3.Li.H/c1-4-2-6-3-5-1;;/h1-3H;;. The molecule has 0 N–H and O–H groups in total. The fourth-order valence-corrected chi connectivity index (χ4v) is 0.205. The fraction of sp³-hybridized carbons (Fsp3) is 0. The van der Waals surface area contributed by atoms with E-state index in [0.717, 1.165) is 0 Å². The number of rotatable bonds is 0. The minimum Gasteiger partial charge on any atom is -0.225 e. The zero-order valence-corrected chi connectivity index (χ0v) is 3.07. The predicted molar refractivity (Wildman–Crippen MR) is 27.0 cm³/mol. The van der Waals surface area contributed by atoms with Gasteiger partial charge in [0.1, 0.15) is 19.0 Å². The predicted octanol–water partition coefficient (Wildman–Crippen LogP) is -0.777. The molecule has 0 bridgehead atoms. The molecule has 32 valence electrons. The van der Waals surface area contributed by atoms with E-state index in [1.807, 2.05) is 0 Å². The van der Waals surface area contributed by atoms with E-state index in [4.69, 9.17) is 0 Å². The van der Waals surface area contributed by atoms with Crippen molar-refractivity contribution in [3.63, 3.8) is 0 Å². The van der Waals surface area contributed by atoms with Gasteiger partial charge in [-0.15, -0.1) is 0 Å². The van der Waals surface area contributed by atoms with Crippen molar-refractivity contribution in [3.05, 3.63) is 19.0 Å². The Hall–Kier alpha value is -0.393. The van der Waals surface area contributed by atoms with Crippen LogP contribution in [0.15, 0.2) is 19.0 Å². The number of hydrogen-bond acceptors (Lipinski definition) is 3. The minimum absolute atomic E-state index is 0. The average molecular weight is 89.0 g/mol. The molecule has 0 aliphatic heterocycles. The molecule has 0 aliphatic rings. The molecule has 0 fully saturated rings. The summed E-state index contributed by atoms with van der Waals surface area (Å²) in [6.45, 7) is 0. The minimum atomic E-state index is 0. The molecule has 1 rings (SSSR count). The Kier molecular flexibility index (Phi) is 3.57. The van der Waals surface area contributed by atoms with Gasteiger partial charge in [0.05, 0.1) is 0 Å². The smallest absolute Gasteiger partial charge is 0.119 e. The molecule has 0 spiro atoms. The normalized spacial score (nSPS) is 6.86. The third kappa shape index (κ3) is 2.32. The molecule has 1 aromatic heterocycles. The summed E-state index contributed by atoms with van der Waals surface area (Å²) in [5, 5.41) is 0. The second kappa shape index (κ2) is 3.79. The van der Waals surface area contributed by atoms with Gasteiger partial charge in [0.25, 0.3) is 0 Å². The van der Waals surface area contributed by atoms with Crippen molar-refractivity contribution in [1.82, 2.24) is 15.0 Å². The maximum atomic E-state index is 3.56. The van der Waals surface area contributed by atoms with Crippen molar-refractivity contribution in [2.45, 2.75) is 0 Å². The topological polar surface area (TPSA) is 38.7 Å². The Bertz CT molecular complexity index is 82.1. The number of nitrogens with zero attached hydrogens (tertiary/aromatic N) is 3. The molecule has 4 heteroatoms. The monoisotopic (exact) mass is 89.1 g/mol. The summed E-state index contributed by atoms with van der Waals surface area (Å²) in [6.07, 6.45) is 4.31. The molecule has 0 saturated carbocycles. The largest absolute Gasteiger partial charge is 0.225 e. The van der Waals surface area contributed by atoms with Crippen LogP contribution in [0.1, 0.15) is 0 Å². The van der Waals surface area contributed by atoms with Crippen LogP contribution in [0.25, 0.3) is 0 Å². The summed E-state index contributed by atoms with van der Waals surface area (Å²) in [7, 11) is 0. The fourth-order valence-electron chi connectivity index (χ4n) is 0.205. The molecule has 0 saturated heterocycles. The molecule has 0 unspecified atom stereocenters. The maximum Gasteiger partial charge on any atom is 0.119 e. The quantitative estimate of drug-likeness (QED) is 0.391. The summed E-state index contributed by atoms with van der Waals surface area (Å²) in [5.41, 5.74) is 0. The first-order valence-electron chi connectivity index (χ1n) is 1.55. The van der Waals surface area contributed by atoms with Crippen molar-refractivity contribution in [2.75, 3.05) is 0 Å². The van der Waals surface area contributed by atoms with E-state index in [9.17, 15) is 0 Å². The molecule has 1 aromatic rings. The van der Waals surface area contributed by atoms with Gasteiger partial charge in [0.2, 0.25) is 0 Å². The summed E-state index contributed by atoms with van der Waals surface area (Å²) < 4.78 is 0. The SMILES string of the molecule is [LiH].c1ncncn1. The third-order valence-corrected chi connectivity index (χ3v) is 0.400. The van der Waals surface area contributed by atoms with E-state index in [2.05, 4.69) is 15.0 Å². The van der Waals surface area contributed by atoms with Crippen LogP contribution in [0.5, 0.6) is 0 Å². The van der Waals surface area contributed by atoms with Gasteiger partial charge in [-0.25, -0.2) is 15.0 Å². The first-order chi connectivity index (χ1) is 3.00. The van der Waals surface area contributed by atoms with E-state index < -0.39 is 0 Å². The molecule has 0 aromatic carbocycles. The van der Waals surface area contributed by atoms with Crippen molar-refractivity contribution in [2.24, 2.45) is 0 Å². The zero-order valence-electron chi connectivity index (χ0n) is 3.07. The van der Waals surface area contributed by atoms with Gasteiger partial charge < -0.3 is 0 Å². The number of aromatic nitrogens is 3. The van der Waals surface area contributed by atoms with Gasteiger partial charge in [-0.2, -0.15) is 0 Å². The number of hydrogen-bond donors (Lipinski definition) is 0. The summed E-state index contributed by atoms with van der Waals surface area (Å²) in [6, 6.07) is 0. The van der Waals surface area contributed by atoms with Gasteiger partial charge in [0, 0.05) is 0 Å². The molecular weight excluding hydrogens is 85.0 g/mol. The van der Waals surface area contributed by atoms with Crippen LogP contribution >= 0.6 is 0 Å². The molecule has 0 amide bonds. The van der Waals surface area contributed by atoms with Gasteiger partial charge in [0.15, 0.2) is 0 Å². The molecule has 1 heterocycles. The second-order valence-corrected chi connectivity index (χ2v) is 0.794. The van der Waals surface area contributed by atoms with Gasteiger partial charge in [-0.1, -0.05) is 0 Å². The first-order valence-corrected chi connectivity index (χ1v) is 1.55. The summed E-state index contributed by atoms with van der Waals surface area (Å²) in [4.78, 5) is 10.7. The first kappa shape index (κ1) is 6.61. The van der Waals surface area contributed by atoms with E-state index in [1.54, 1.807) is 0 Å². The van der Waals surface area contributed by atoms with Gasteiger partial charge >= 0.3 is 18.9 Å². The molecular formula is C3H4LiN3. The van der Waals surface area contributed by atoms with E-state index >= 15 is 0 Å². The van der Waals surface area contributed by atoms with E-state index in [0.29, 0.717) is 0 Å². The van der Waals surface area contributed by atoms with Crippen LogP contribution in [0.3, 0.4) is 0 Å². The zero-order chi connectivity index (χ0) is 4.24. The molecule has 0 radical (unpaired) electrons. The molecule has 7 heavy (non-hydrogen) atoms. The van der Waals surface area contributed by atoms with Crippen LogP contribution in [0.2, 0.25) is 0 Å². The summed E-state index contributed by atoms with van der Waals surface area (Å²) >= 11 is 0. The van der Waals surface area contributed by atoms with Crippen LogP contribution in [0.4, 0.5) is 0 Å². The van der Waals surface area contributed by atoms with Crippen molar-refractivity contribution in [1.29, 1.82) is 0 Å². The Labute approximate surface area is 53.4 Å². The molecule has 3 nitrogen and oxygen atoms in total. The van der Waals surface area contributed by atoms with Gasteiger partial charge in [-0.05, 0) is 0 Å². The average Bonchev–Trinajstić information content (AvgIpc) is 1.72. The van der Waals surface area contributed by atoms with Crippen LogP contribution in [-0.2, 0) is 0 Å². The van der Waals surface area contributed by atoms with E-state index in [1.165, 1.54) is 19.0 Å². The maximum absolute atomic E-state index is 3.56. The van der Waals surface area contributed by atoms with Crippen LogP contribution < -0.4 is 0 Å². The Morgan fingerprint density at radius 1 is 0.714 bits per heavy atom. The van der Waals surface area contributed by atoms with Crippen molar-refractivity contribution in [3.8, 4) is 0 Å². The van der Waals surface area contributed by atoms with Crippen LogP contribution in [-0.4, -0.2) is 33.8 Å². The summed E-state index contributed by atoms with van der Waals surface area (Å²) in [5.74, 6) is 0. The Morgan fingerprint density at radius 3 is 1.14 bits per heavy atom. The van der Waals surface area contributed by atoms with Crippen molar-refractivity contribution >= 4 is 18.9 Å². The molecule has 0 aliphatic carbocycles. The molecule has 0 atom stereocenters.